The van der Waals surface area contributed by atoms with Crippen LogP contribution in [-0.4, -0.2) is 16.1 Å². The lowest BCUT2D eigenvalue weighted by atomic mass is 9.99. The van der Waals surface area contributed by atoms with E-state index < -0.39 is 16.1 Å². The van der Waals surface area contributed by atoms with Gasteiger partial charge in [-0.1, -0.05) is 86.1 Å². The minimum absolute atomic E-state index is 0.289. The summed E-state index contributed by atoms with van der Waals surface area (Å²) < 4.78 is 0. The van der Waals surface area contributed by atoms with Crippen molar-refractivity contribution in [2.45, 2.75) is 45.2 Å². The second-order valence-electron chi connectivity index (χ2n) is 8.66. The molecule has 0 bridgehead atoms. The number of fused-ring (bicyclic) bond motifs is 3. The molecule has 0 amide bonds. The Morgan fingerprint density at radius 2 is 1.05 bits per heavy atom. The summed E-state index contributed by atoms with van der Waals surface area (Å²) in [6, 6.07) is 14.2. The molecular formula is C20H27Si2. The van der Waals surface area contributed by atoms with Gasteiger partial charge >= 0.3 is 0 Å². The van der Waals surface area contributed by atoms with Crippen LogP contribution in [0.3, 0.4) is 0 Å². The fourth-order valence-electron chi connectivity index (χ4n) is 3.29. The SMILES string of the molecule is [CH2]C1c2cc([Si](C)(C)C)ccc2-c2ccc([Si](C)(C)C)cc21. The van der Waals surface area contributed by atoms with Gasteiger partial charge in [0.2, 0.25) is 0 Å². The molecule has 1 aliphatic rings. The van der Waals surface area contributed by atoms with Crippen molar-refractivity contribution in [2.75, 3.05) is 0 Å². The van der Waals surface area contributed by atoms with Crippen molar-refractivity contribution < 1.29 is 0 Å². The Hall–Kier alpha value is -1.13. The van der Waals surface area contributed by atoms with Crippen molar-refractivity contribution >= 4 is 26.5 Å². The second kappa shape index (κ2) is 4.94. The third kappa shape index (κ3) is 2.52. The first-order chi connectivity index (χ1) is 10.1. The normalized spacial score (nSPS) is 14.9. The smallest absolute Gasteiger partial charge is 0.0656 e. The molecule has 0 N–H and O–H groups in total. The van der Waals surface area contributed by atoms with Crippen LogP contribution in [0.5, 0.6) is 0 Å². The van der Waals surface area contributed by atoms with Crippen LogP contribution in [0.4, 0.5) is 0 Å². The van der Waals surface area contributed by atoms with E-state index >= 15 is 0 Å². The van der Waals surface area contributed by atoms with E-state index in [1.54, 1.807) is 0 Å². The zero-order chi connectivity index (χ0) is 16.3. The lowest BCUT2D eigenvalue weighted by molar-refractivity contribution is 1.07. The average Bonchev–Trinajstić information content (AvgIpc) is 2.70. The van der Waals surface area contributed by atoms with E-state index in [1.807, 2.05) is 0 Å². The number of rotatable bonds is 2. The highest BCUT2D eigenvalue weighted by molar-refractivity contribution is 6.89. The third-order valence-electron chi connectivity index (χ3n) is 4.88. The van der Waals surface area contributed by atoms with Crippen molar-refractivity contribution in [3.05, 3.63) is 54.4 Å². The molecule has 2 aromatic carbocycles. The van der Waals surface area contributed by atoms with Gasteiger partial charge in [0.05, 0.1) is 16.1 Å². The van der Waals surface area contributed by atoms with Gasteiger partial charge in [-0.2, -0.15) is 0 Å². The topological polar surface area (TPSA) is 0 Å². The summed E-state index contributed by atoms with van der Waals surface area (Å²) >= 11 is 0. The Balaban J connectivity index is 2.13. The lowest BCUT2D eigenvalue weighted by Crippen LogP contribution is -2.37. The standard InChI is InChI=1S/C20H27Si2/c1-14-19-12-15(21(2,3)4)8-10-17(19)18-11-9-16(13-20(14)18)22(5,6)7/h8-14H,1H2,2-7H3. The molecule has 0 fully saturated rings. The number of hydrogen-bond donors (Lipinski definition) is 0. The van der Waals surface area contributed by atoms with Crippen LogP contribution in [0.2, 0.25) is 39.3 Å². The first kappa shape index (κ1) is 15.8. The molecule has 1 aliphatic carbocycles. The van der Waals surface area contributed by atoms with Gasteiger partial charge in [0.25, 0.3) is 0 Å². The first-order valence-corrected chi connectivity index (χ1v) is 15.2. The molecule has 0 atom stereocenters. The summed E-state index contributed by atoms with van der Waals surface area (Å²) in [5, 5.41) is 3.08. The van der Waals surface area contributed by atoms with Crippen molar-refractivity contribution in [3.8, 4) is 11.1 Å². The Morgan fingerprint density at radius 3 is 1.36 bits per heavy atom. The molecule has 0 spiro atoms. The molecule has 0 heterocycles. The van der Waals surface area contributed by atoms with Gasteiger partial charge in [0.1, 0.15) is 0 Å². The quantitative estimate of drug-likeness (QED) is 0.701. The minimum Gasteiger partial charge on any atom is -0.0656 e. The van der Waals surface area contributed by atoms with Crippen LogP contribution in [0.25, 0.3) is 11.1 Å². The molecule has 0 unspecified atom stereocenters. The predicted octanol–water partition coefficient (Wildman–Crippen LogP) is 4.72. The Morgan fingerprint density at radius 1 is 0.682 bits per heavy atom. The molecular weight excluding hydrogens is 296 g/mol. The third-order valence-corrected chi connectivity index (χ3v) is 8.96. The largest absolute Gasteiger partial charge is 0.0776 e. The highest BCUT2D eigenvalue weighted by atomic mass is 28.3. The van der Waals surface area contributed by atoms with Gasteiger partial charge in [0, 0.05) is 5.92 Å². The molecule has 115 valence electrons. The Labute approximate surface area is 137 Å². The molecule has 0 aliphatic heterocycles. The van der Waals surface area contributed by atoms with Gasteiger partial charge < -0.3 is 0 Å². The summed E-state index contributed by atoms with van der Waals surface area (Å²) in [5.74, 6) is 0.289. The number of hydrogen-bond acceptors (Lipinski definition) is 0. The fraction of sp³-hybridized carbons (Fsp3) is 0.350. The van der Waals surface area contributed by atoms with Gasteiger partial charge in [0.15, 0.2) is 0 Å². The second-order valence-corrected chi connectivity index (χ2v) is 18.8. The zero-order valence-electron chi connectivity index (χ0n) is 14.7. The summed E-state index contributed by atoms with van der Waals surface area (Å²) in [5.41, 5.74) is 5.67. The van der Waals surface area contributed by atoms with Crippen LogP contribution >= 0.6 is 0 Å². The molecule has 0 nitrogen and oxygen atoms in total. The van der Waals surface area contributed by atoms with Gasteiger partial charge in [-0.15, -0.1) is 0 Å². The van der Waals surface area contributed by atoms with Crippen molar-refractivity contribution in [1.82, 2.24) is 0 Å². The molecule has 2 heteroatoms. The van der Waals surface area contributed by atoms with Gasteiger partial charge in [-0.3, -0.25) is 0 Å². The summed E-state index contributed by atoms with van der Waals surface area (Å²) in [7, 11) is -2.54. The van der Waals surface area contributed by atoms with E-state index in [0.717, 1.165) is 0 Å². The molecule has 3 rings (SSSR count). The molecule has 0 saturated carbocycles. The Bertz CT molecular complexity index is 667. The van der Waals surface area contributed by atoms with E-state index in [9.17, 15) is 0 Å². The van der Waals surface area contributed by atoms with Crippen LogP contribution in [-0.2, 0) is 0 Å². The highest BCUT2D eigenvalue weighted by Gasteiger charge is 2.29. The Kier molecular flexibility index (Phi) is 3.53. The van der Waals surface area contributed by atoms with Gasteiger partial charge in [-0.25, -0.2) is 0 Å². The molecule has 22 heavy (non-hydrogen) atoms. The average molecular weight is 324 g/mol. The highest BCUT2D eigenvalue weighted by Crippen LogP contribution is 2.43. The van der Waals surface area contributed by atoms with E-state index in [4.69, 9.17) is 0 Å². The van der Waals surface area contributed by atoms with Gasteiger partial charge in [-0.05, 0) is 29.2 Å². The van der Waals surface area contributed by atoms with Crippen molar-refractivity contribution in [3.63, 3.8) is 0 Å². The van der Waals surface area contributed by atoms with Crippen LogP contribution in [0.1, 0.15) is 17.0 Å². The van der Waals surface area contributed by atoms with Crippen molar-refractivity contribution in [2.24, 2.45) is 0 Å². The van der Waals surface area contributed by atoms with Crippen LogP contribution in [0, 0.1) is 6.92 Å². The summed E-state index contributed by atoms with van der Waals surface area (Å²) in [6.45, 7) is 19.0. The van der Waals surface area contributed by atoms with E-state index in [-0.39, 0.29) is 5.92 Å². The maximum atomic E-state index is 4.50. The van der Waals surface area contributed by atoms with E-state index in [2.05, 4.69) is 82.6 Å². The monoisotopic (exact) mass is 323 g/mol. The maximum absolute atomic E-state index is 4.50. The van der Waals surface area contributed by atoms with E-state index in [1.165, 1.54) is 32.6 Å². The minimum atomic E-state index is -1.27. The summed E-state index contributed by atoms with van der Waals surface area (Å²) in [4.78, 5) is 0. The molecule has 2 aromatic rings. The van der Waals surface area contributed by atoms with E-state index in [0.29, 0.717) is 0 Å². The lowest BCUT2D eigenvalue weighted by Gasteiger charge is -2.19. The van der Waals surface area contributed by atoms with Crippen LogP contribution in [0.15, 0.2) is 36.4 Å². The molecule has 1 radical (unpaired) electrons. The first-order valence-electron chi connectivity index (χ1n) is 8.21. The molecule has 0 saturated heterocycles. The molecule has 0 aromatic heterocycles. The maximum Gasteiger partial charge on any atom is 0.0776 e. The fourth-order valence-corrected chi connectivity index (χ4v) is 5.64. The zero-order valence-corrected chi connectivity index (χ0v) is 16.7. The summed E-state index contributed by atoms with van der Waals surface area (Å²) in [6.07, 6.45) is 0. The van der Waals surface area contributed by atoms with Crippen molar-refractivity contribution in [1.29, 1.82) is 0 Å². The number of benzene rings is 2. The predicted molar refractivity (Wildman–Crippen MR) is 105 cm³/mol. The van der Waals surface area contributed by atoms with Crippen LogP contribution < -0.4 is 10.4 Å².